The molecule has 0 bridgehead atoms. The number of carbonyl (C=O) groups excluding carboxylic acids is 3. The molecule has 3 amide bonds. The van der Waals surface area contributed by atoms with Gasteiger partial charge in [0.2, 0.25) is 0 Å². The molecule has 2 aliphatic rings. The predicted octanol–water partition coefficient (Wildman–Crippen LogP) is 1.01. The molecule has 7 heteroatoms. The lowest BCUT2D eigenvalue weighted by Crippen LogP contribution is -2.58. The maximum atomic E-state index is 12.8. The number of ether oxygens (including phenoxy) is 1. The van der Waals surface area contributed by atoms with Crippen molar-refractivity contribution in [2.24, 2.45) is 0 Å². The predicted molar refractivity (Wildman–Crippen MR) is 95.8 cm³/mol. The van der Waals surface area contributed by atoms with Crippen LogP contribution in [0.25, 0.3) is 0 Å². The van der Waals surface area contributed by atoms with Crippen molar-refractivity contribution in [3.63, 3.8) is 0 Å². The molecule has 7 nitrogen and oxygen atoms in total. The zero-order valence-corrected chi connectivity index (χ0v) is 14.7. The van der Waals surface area contributed by atoms with E-state index in [1.54, 1.807) is 0 Å². The van der Waals surface area contributed by atoms with Crippen LogP contribution in [0.15, 0.2) is 42.5 Å². The van der Waals surface area contributed by atoms with Gasteiger partial charge in [-0.1, -0.05) is 18.2 Å². The number of carbonyl (C=O) groups is 3. The molecule has 0 saturated heterocycles. The molecular weight excluding hydrogens is 348 g/mol. The Morgan fingerprint density at radius 2 is 1.93 bits per heavy atom. The number of nitrogens with one attached hydrogen (secondary N) is 1. The smallest absolute Gasteiger partial charge is 0.261 e. The van der Waals surface area contributed by atoms with Crippen molar-refractivity contribution < 1.29 is 24.2 Å². The van der Waals surface area contributed by atoms with Crippen LogP contribution in [-0.4, -0.2) is 53.5 Å². The van der Waals surface area contributed by atoms with Gasteiger partial charge in [-0.3, -0.25) is 19.3 Å². The minimum atomic E-state index is -0.957. The van der Waals surface area contributed by atoms with Crippen LogP contribution in [0, 0.1) is 0 Å². The first-order chi connectivity index (χ1) is 12.9. The third kappa shape index (κ3) is 2.76. The zero-order chi connectivity index (χ0) is 19.2. The third-order valence-electron chi connectivity index (χ3n) is 5.04. The molecule has 1 unspecified atom stereocenters. The van der Waals surface area contributed by atoms with Crippen molar-refractivity contribution in [3.05, 3.63) is 64.7 Å². The molecule has 138 valence electrons. The number of hydrogen-bond acceptors (Lipinski definition) is 5. The fraction of sp³-hybridized carbons (Fsp3) is 0.250. The average molecular weight is 366 g/mol. The summed E-state index contributed by atoms with van der Waals surface area (Å²) in [6.45, 7) is -0.157. The van der Waals surface area contributed by atoms with Crippen molar-refractivity contribution in [2.45, 2.75) is 12.0 Å². The summed E-state index contributed by atoms with van der Waals surface area (Å²) in [6, 6.07) is 11.9. The van der Waals surface area contributed by atoms with E-state index in [4.69, 9.17) is 4.74 Å². The highest BCUT2D eigenvalue weighted by atomic mass is 16.5. The van der Waals surface area contributed by atoms with Gasteiger partial charge in [-0.25, -0.2) is 0 Å². The van der Waals surface area contributed by atoms with Crippen molar-refractivity contribution in [3.8, 4) is 5.75 Å². The zero-order valence-electron chi connectivity index (χ0n) is 14.7. The Kier molecular flexibility index (Phi) is 3.96. The number of imide groups is 1. The van der Waals surface area contributed by atoms with Crippen LogP contribution in [0.4, 0.5) is 0 Å². The molecule has 2 aromatic rings. The van der Waals surface area contributed by atoms with E-state index >= 15 is 0 Å². The van der Waals surface area contributed by atoms with Crippen LogP contribution in [0.1, 0.15) is 36.6 Å². The molecule has 27 heavy (non-hydrogen) atoms. The highest BCUT2D eigenvalue weighted by Gasteiger charge is 2.38. The molecule has 1 atom stereocenters. The van der Waals surface area contributed by atoms with Crippen molar-refractivity contribution >= 4 is 17.7 Å². The van der Waals surface area contributed by atoms with Gasteiger partial charge in [0.1, 0.15) is 17.9 Å². The van der Waals surface area contributed by atoms with Gasteiger partial charge < -0.3 is 15.2 Å². The largest absolute Gasteiger partial charge is 0.491 e. The number of amides is 3. The molecule has 2 aliphatic heterocycles. The minimum absolute atomic E-state index is 0.136. The first-order valence-electron chi connectivity index (χ1n) is 8.55. The molecule has 0 aromatic heterocycles. The Morgan fingerprint density at radius 3 is 2.70 bits per heavy atom. The summed E-state index contributed by atoms with van der Waals surface area (Å²) in [7, 11) is 1.40. The van der Waals surface area contributed by atoms with Gasteiger partial charge in [0.15, 0.2) is 0 Å². The molecule has 0 radical (unpaired) electrons. The number of rotatable bonds is 3. The molecule has 0 saturated carbocycles. The lowest BCUT2D eigenvalue weighted by atomic mass is 9.89. The summed E-state index contributed by atoms with van der Waals surface area (Å²) >= 11 is 0. The first kappa shape index (κ1) is 17.2. The standard InChI is InChI=1S/C20H18N2O5/c1-22-18(25)14-7-6-12(8-15(14)19(22)26)17(24)21-20(10-23)9-13-4-2-3-5-16(13)27-11-20/h2-8,23H,9-11H2,1H3,(H,21,24). The second-order valence-corrected chi connectivity index (χ2v) is 6.90. The van der Waals surface area contributed by atoms with Gasteiger partial charge >= 0.3 is 0 Å². The van der Waals surface area contributed by atoms with E-state index in [2.05, 4.69) is 5.32 Å². The molecule has 0 aliphatic carbocycles. The van der Waals surface area contributed by atoms with Gasteiger partial charge in [0.05, 0.1) is 17.7 Å². The number of nitrogens with zero attached hydrogens (tertiary/aromatic N) is 1. The summed E-state index contributed by atoms with van der Waals surface area (Å²) in [5.74, 6) is -0.521. The highest BCUT2D eigenvalue weighted by molar-refractivity contribution is 6.21. The number of benzene rings is 2. The molecule has 2 heterocycles. The summed E-state index contributed by atoms with van der Waals surface area (Å²) in [4.78, 5) is 37.9. The molecular formula is C20H18N2O5. The maximum Gasteiger partial charge on any atom is 0.261 e. The number of hydrogen-bond donors (Lipinski definition) is 2. The summed E-state index contributed by atoms with van der Waals surface area (Å²) < 4.78 is 5.71. The number of aliphatic hydroxyl groups is 1. The minimum Gasteiger partial charge on any atom is -0.491 e. The Balaban J connectivity index is 1.59. The normalized spacial score (nSPS) is 20.7. The Morgan fingerprint density at radius 1 is 1.19 bits per heavy atom. The second-order valence-electron chi connectivity index (χ2n) is 6.90. The monoisotopic (exact) mass is 366 g/mol. The van der Waals surface area contributed by atoms with E-state index in [-0.39, 0.29) is 35.8 Å². The van der Waals surface area contributed by atoms with Crippen LogP contribution >= 0.6 is 0 Å². The summed E-state index contributed by atoms with van der Waals surface area (Å²) in [5, 5.41) is 12.8. The van der Waals surface area contributed by atoms with Gasteiger partial charge in [-0.2, -0.15) is 0 Å². The van der Waals surface area contributed by atoms with Crippen LogP contribution in [0.5, 0.6) is 5.75 Å². The quantitative estimate of drug-likeness (QED) is 0.791. The maximum absolute atomic E-state index is 12.8. The number of para-hydroxylation sites is 1. The van der Waals surface area contributed by atoms with E-state index in [1.807, 2.05) is 24.3 Å². The Labute approximate surface area is 155 Å². The van der Waals surface area contributed by atoms with Crippen molar-refractivity contribution in [2.75, 3.05) is 20.3 Å². The van der Waals surface area contributed by atoms with Crippen molar-refractivity contribution in [1.82, 2.24) is 10.2 Å². The Hall–Kier alpha value is -3.19. The van der Waals surface area contributed by atoms with E-state index in [9.17, 15) is 19.5 Å². The lowest BCUT2D eigenvalue weighted by Gasteiger charge is -2.37. The van der Waals surface area contributed by atoms with Crippen LogP contribution in [0.2, 0.25) is 0 Å². The van der Waals surface area contributed by atoms with Gasteiger partial charge in [-0.15, -0.1) is 0 Å². The fourth-order valence-corrected chi connectivity index (χ4v) is 3.46. The van der Waals surface area contributed by atoms with E-state index < -0.39 is 17.4 Å². The average Bonchev–Trinajstić information content (AvgIpc) is 2.91. The van der Waals surface area contributed by atoms with Gasteiger partial charge in [0.25, 0.3) is 17.7 Å². The topological polar surface area (TPSA) is 95.9 Å². The van der Waals surface area contributed by atoms with Gasteiger partial charge in [0, 0.05) is 19.0 Å². The van der Waals surface area contributed by atoms with E-state index in [0.29, 0.717) is 6.42 Å². The Bertz CT molecular complexity index is 971. The van der Waals surface area contributed by atoms with E-state index in [1.165, 1.54) is 25.2 Å². The van der Waals surface area contributed by atoms with Gasteiger partial charge in [-0.05, 0) is 29.8 Å². The molecule has 0 fully saturated rings. The third-order valence-corrected chi connectivity index (χ3v) is 5.04. The highest BCUT2D eigenvalue weighted by Crippen LogP contribution is 2.29. The van der Waals surface area contributed by atoms with Crippen LogP contribution in [0.3, 0.4) is 0 Å². The summed E-state index contributed by atoms with van der Waals surface area (Å²) in [5.41, 5.74) is 0.678. The number of fused-ring (bicyclic) bond motifs is 2. The molecule has 2 N–H and O–H groups in total. The molecule has 4 rings (SSSR count). The lowest BCUT2D eigenvalue weighted by molar-refractivity contribution is 0.0653. The summed E-state index contributed by atoms with van der Waals surface area (Å²) in [6.07, 6.45) is 0.427. The second kappa shape index (κ2) is 6.21. The fourth-order valence-electron chi connectivity index (χ4n) is 3.46. The van der Waals surface area contributed by atoms with Crippen LogP contribution in [-0.2, 0) is 6.42 Å². The SMILES string of the molecule is CN1C(=O)c2ccc(C(=O)NC3(CO)COc4ccccc4C3)cc2C1=O. The molecule has 0 spiro atoms. The number of aliphatic hydroxyl groups excluding tert-OH is 1. The van der Waals surface area contributed by atoms with Crippen molar-refractivity contribution in [1.29, 1.82) is 0 Å². The van der Waals surface area contributed by atoms with E-state index in [0.717, 1.165) is 16.2 Å². The van der Waals surface area contributed by atoms with Crippen LogP contribution < -0.4 is 10.1 Å². The molecule has 2 aromatic carbocycles. The first-order valence-corrected chi connectivity index (χ1v) is 8.55.